The van der Waals surface area contributed by atoms with Gasteiger partial charge in [-0.3, -0.25) is 4.79 Å². The Morgan fingerprint density at radius 2 is 2.05 bits per heavy atom. The lowest BCUT2D eigenvalue weighted by molar-refractivity contribution is 0.0950. The number of pyridine rings is 1. The van der Waals surface area contributed by atoms with E-state index in [-0.39, 0.29) is 5.91 Å². The fraction of sp³-hybridized carbons (Fsp3) is 0.250. The maximum Gasteiger partial charge on any atom is 0.251 e. The van der Waals surface area contributed by atoms with Crippen LogP contribution in [0, 0.1) is 0 Å². The average molecular weight is 286 g/mol. The molecule has 0 aliphatic heterocycles. The number of rotatable bonds is 6. The SMILES string of the molecule is COCc1cccc(C(=O)NCc2ccc(OC)nc2)c1. The summed E-state index contributed by atoms with van der Waals surface area (Å²) in [5, 5.41) is 2.86. The standard InChI is InChI=1S/C16H18N2O3/c1-20-11-12-4-3-5-14(8-12)16(19)18-10-13-6-7-15(21-2)17-9-13/h3-9H,10-11H2,1-2H3,(H,18,19). The summed E-state index contributed by atoms with van der Waals surface area (Å²) in [5.74, 6) is 0.432. The van der Waals surface area contributed by atoms with Crippen LogP contribution in [0.15, 0.2) is 42.6 Å². The van der Waals surface area contributed by atoms with Gasteiger partial charge in [0.1, 0.15) is 0 Å². The molecule has 0 atom stereocenters. The van der Waals surface area contributed by atoms with Crippen molar-refractivity contribution < 1.29 is 14.3 Å². The smallest absolute Gasteiger partial charge is 0.251 e. The van der Waals surface area contributed by atoms with E-state index in [0.717, 1.165) is 11.1 Å². The Hall–Kier alpha value is -2.40. The average Bonchev–Trinajstić information content (AvgIpc) is 2.53. The summed E-state index contributed by atoms with van der Waals surface area (Å²) in [6.07, 6.45) is 1.68. The Morgan fingerprint density at radius 3 is 2.71 bits per heavy atom. The zero-order valence-electron chi connectivity index (χ0n) is 12.1. The molecule has 1 heterocycles. The molecule has 0 fully saturated rings. The normalized spacial score (nSPS) is 10.2. The predicted octanol–water partition coefficient (Wildman–Crippen LogP) is 2.17. The first-order valence-corrected chi connectivity index (χ1v) is 6.58. The van der Waals surface area contributed by atoms with Crippen molar-refractivity contribution in [3.05, 3.63) is 59.3 Å². The van der Waals surface area contributed by atoms with Crippen LogP contribution < -0.4 is 10.1 Å². The number of carbonyl (C=O) groups excluding carboxylic acids is 1. The molecule has 0 saturated heterocycles. The van der Waals surface area contributed by atoms with Gasteiger partial charge in [-0.2, -0.15) is 0 Å². The van der Waals surface area contributed by atoms with Gasteiger partial charge in [0.2, 0.25) is 5.88 Å². The lowest BCUT2D eigenvalue weighted by Gasteiger charge is -2.07. The third-order valence-corrected chi connectivity index (χ3v) is 2.96. The first kappa shape index (κ1) is 15.0. The molecule has 1 N–H and O–H groups in total. The minimum Gasteiger partial charge on any atom is -0.481 e. The molecule has 1 aromatic heterocycles. The summed E-state index contributed by atoms with van der Waals surface area (Å²) in [6, 6.07) is 11.0. The third-order valence-electron chi connectivity index (χ3n) is 2.96. The number of methoxy groups -OCH3 is 2. The molecule has 0 saturated carbocycles. The Kier molecular flexibility index (Phi) is 5.29. The minimum atomic E-state index is -0.122. The van der Waals surface area contributed by atoms with Gasteiger partial charge in [-0.25, -0.2) is 4.98 Å². The second-order valence-electron chi connectivity index (χ2n) is 4.52. The van der Waals surface area contributed by atoms with Crippen LogP contribution in [0.4, 0.5) is 0 Å². The van der Waals surface area contributed by atoms with Gasteiger partial charge in [0, 0.05) is 31.5 Å². The molecular weight excluding hydrogens is 268 g/mol. The van der Waals surface area contributed by atoms with Crippen LogP contribution in [0.25, 0.3) is 0 Å². The molecule has 5 heteroatoms. The van der Waals surface area contributed by atoms with E-state index in [1.165, 1.54) is 0 Å². The molecular formula is C16H18N2O3. The number of amides is 1. The zero-order chi connectivity index (χ0) is 15.1. The molecule has 0 radical (unpaired) electrons. The fourth-order valence-electron chi connectivity index (χ4n) is 1.89. The van der Waals surface area contributed by atoms with E-state index in [0.29, 0.717) is 24.6 Å². The quantitative estimate of drug-likeness (QED) is 0.884. The van der Waals surface area contributed by atoms with Crippen molar-refractivity contribution in [3.8, 4) is 5.88 Å². The molecule has 2 aromatic rings. The largest absolute Gasteiger partial charge is 0.481 e. The highest BCUT2D eigenvalue weighted by Crippen LogP contribution is 2.08. The number of nitrogens with one attached hydrogen (secondary N) is 1. The van der Waals surface area contributed by atoms with E-state index in [9.17, 15) is 4.79 Å². The fourth-order valence-corrected chi connectivity index (χ4v) is 1.89. The van der Waals surface area contributed by atoms with E-state index < -0.39 is 0 Å². The molecule has 1 aromatic carbocycles. The predicted molar refractivity (Wildman–Crippen MR) is 79.1 cm³/mol. The molecule has 110 valence electrons. The molecule has 2 rings (SSSR count). The van der Waals surface area contributed by atoms with Gasteiger partial charge in [-0.05, 0) is 23.3 Å². The Labute approximate surface area is 123 Å². The number of aromatic nitrogens is 1. The highest BCUT2D eigenvalue weighted by Gasteiger charge is 2.06. The third kappa shape index (κ3) is 4.29. The van der Waals surface area contributed by atoms with E-state index in [2.05, 4.69) is 10.3 Å². The summed E-state index contributed by atoms with van der Waals surface area (Å²) < 4.78 is 10.1. The van der Waals surface area contributed by atoms with E-state index in [1.54, 1.807) is 32.5 Å². The second-order valence-corrected chi connectivity index (χ2v) is 4.52. The highest BCUT2D eigenvalue weighted by molar-refractivity contribution is 5.94. The maximum atomic E-state index is 12.1. The number of carbonyl (C=O) groups is 1. The second kappa shape index (κ2) is 7.40. The van der Waals surface area contributed by atoms with Crippen molar-refractivity contribution in [1.29, 1.82) is 0 Å². The number of ether oxygens (including phenoxy) is 2. The first-order chi connectivity index (χ1) is 10.2. The minimum absolute atomic E-state index is 0.122. The first-order valence-electron chi connectivity index (χ1n) is 6.58. The van der Waals surface area contributed by atoms with Crippen molar-refractivity contribution in [2.24, 2.45) is 0 Å². The topological polar surface area (TPSA) is 60.5 Å². The van der Waals surface area contributed by atoms with Crippen LogP contribution in [-0.2, 0) is 17.9 Å². The van der Waals surface area contributed by atoms with Gasteiger partial charge < -0.3 is 14.8 Å². The van der Waals surface area contributed by atoms with Gasteiger partial charge in [0.25, 0.3) is 5.91 Å². The van der Waals surface area contributed by atoms with Gasteiger partial charge in [0.15, 0.2) is 0 Å². The van der Waals surface area contributed by atoms with Crippen LogP contribution in [0.3, 0.4) is 0 Å². The molecule has 0 unspecified atom stereocenters. The van der Waals surface area contributed by atoms with Crippen LogP contribution in [0.5, 0.6) is 5.88 Å². The van der Waals surface area contributed by atoms with Crippen LogP contribution in [0.2, 0.25) is 0 Å². The molecule has 5 nitrogen and oxygen atoms in total. The molecule has 0 aliphatic carbocycles. The van der Waals surface area contributed by atoms with Gasteiger partial charge in [-0.1, -0.05) is 18.2 Å². The van der Waals surface area contributed by atoms with Crippen molar-refractivity contribution in [3.63, 3.8) is 0 Å². The van der Waals surface area contributed by atoms with Crippen LogP contribution >= 0.6 is 0 Å². The monoisotopic (exact) mass is 286 g/mol. The number of nitrogens with zero attached hydrogens (tertiary/aromatic N) is 1. The van der Waals surface area contributed by atoms with Crippen LogP contribution in [0.1, 0.15) is 21.5 Å². The molecule has 0 bridgehead atoms. The summed E-state index contributed by atoms with van der Waals surface area (Å²) in [4.78, 5) is 16.2. The van der Waals surface area contributed by atoms with Gasteiger partial charge >= 0.3 is 0 Å². The summed E-state index contributed by atoms with van der Waals surface area (Å²) in [6.45, 7) is 0.911. The van der Waals surface area contributed by atoms with Crippen molar-refractivity contribution >= 4 is 5.91 Å². The number of benzene rings is 1. The zero-order valence-corrected chi connectivity index (χ0v) is 12.1. The van der Waals surface area contributed by atoms with E-state index >= 15 is 0 Å². The Morgan fingerprint density at radius 1 is 1.19 bits per heavy atom. The van der Waals surface area contributed by atoms with Crippen molar-refractivity contribution in [1.82, 2.24) is 10.3 Å². The van der Waals surface area contributed by atoms with E-state index in [4.69, 9.17) is 9.47 Å². The number of hydrogen-bond donors (Lipinski definition) is 1. The summed E-state index contributed by atoms with van der Waals surface area (Å²) in [7, 11) is 3.19. The van der Waals surface area contributed by atoms with Crippen molar-refractivity contribution in [2.45, 2.75) is 13.2 Å². The maximum absolute atomic E-state index is 12.1. The summed E-state index contributed by atoms with van der Waals surface area (Å²) in [5.41, 5.74) is 2.50. The Bertz CT molecular complexity index is 597. The summed E-state index contributed by atoms with van der Waals surface area (Å²) >= 11 is 0. The lowest BCUT2D eigenvalue weighted by Crippen LogP contribution is -2.23. The van der Waals surface area contributed by atoms with Gasteiger partial charge in [0.05, 0.1) is 13.7 Å². The lowest BCUT2D eigenvalue weighted by atomic mass is 10.1. The Balaban J connectivity index is 1.95. The molecule has 0 aliphatic rings. The highest BCUT2D eigenvalue weighted by atomic mass is 16.5. The van der Waals surface area contributed by atoms with Gasteiger partial charge in [-0.15, -0.1) is 0 Å². The number of hydrogen-bond acceptors (Lipinski definition) is 4. The van der Waals surface area contributed by atoms with E-state index in [1.807, 2.05) is 24.3 Å². The molecule has 1 amide bonds. The van der Waals surface area contributed by atoms with Crippen LogP contribution in [-0.4, -0.2) is 25.1 Å². The molecule has 21 heavy (non-hydrogen) atoms. The molecule has 0 spiro atoms. The van der Waals surface area contributed by atoms with Crippen molar-refractivity contribution in [2.75, 3.05) is 14.2 Å².